The van der Waals surface area contributed by atoms with Gasteiger partial charge in [-0.25, -0.2) is 9.78 Å². The number of fused-ring (bicyclic) bond motifs is 1. The fourth-order valence-electron chi connectivity index (χ4n) is 3.25. The van der Waals surface area contributed by atoms with Gasteiger partial charge in [-0.05, 0) is 42.3 Å². The molecule has 1 heterocycles. The average molecular weight is 456 g/mol. The van der Waals surface area contributed by atoms with Crippen LogP contribution in [0.2, 0.25) is 10.0 Å². The second-order valence-corrected chi connectivity index (χ2v) is 7.55. The summed E-state index contributed by atoms with van der Waals surface area (Å²) in [6.45, 7) is 0.417. The van der Waals surface area contributed by atoms with Crippen molar-refractivity contribution in [2.45, 2.75) is 6.42 Å². The molecule has 8 heteroatoms. The lowest BCUT2D eigenvalue weighted by Crippen LogP contribution is -2.28. The minimum atomic E-state index is -0.539. The Kier molecular flexibility index (Phi) is 6.30. The van der Waals surface area contributed by atoms with Crippen LogP contribution in [-0.2, 0) is 6.42 Å². The quantitative estimate of drug-likeness (QED) is 0.380. The first-order chi connectivity index (χ1) is 15.0. The van der Waals surface area contributed by atoms with E-state index in [1.165, 1.54) is 0 Å². The van der Waals surface area contributed by atoms with Crippen LogP contribution in [0.1, 0.15) is 5.56 Å². The number of ether oxygens (including phenoxy) is 2. The van der Waals surface area contributed by atoms with Gasteiger partial charge in [-0.2, -0.15) is 0 Å². The molecule has 3 aromatic carbocycles. The summed E-state index contributed by atoms with van der Waals surface area (Å²) >= 11 is 12.5. The minimum absolute atomic E-state index is 0.391. The molecule has 31 heavy (non-hydrogen) atoms. The molecule has 0 aliphatic heterocycles. The lowest BCUT2D eigenvalue weighted by Gasteiger charge is -2.09. The molecule has 0 atom stereocenters. The first kappa shape index (κ1) is 21.0. The number of methoxy groups -OCH3 is 1. The Morgan fingerprint density at radius 1 is 1.06 bits per heavy atom. The van der Waals surface area contributed by atoms with Crippen LogP contribution < -0.4 is 14.8 Å². The fraction of sp³-hybridized carbons (Fsp3) is 0.130. The summed E-state index contributed by atoms with van der Waals surface area (Å²) in [4.78, 5) is 19.9. The van der Waals surface area contributed by atoms with Crippen LogP contribution in [-0.4, -0.2) is 29.7 Å². The van der Waals surface area contributed by atoms with Crippen molar-refractivity contribution in [2.75, 3.05) is 13.7 Å². The van der Waals surface area contributed by atoms with Crippen LogP contribution in [0.15, 0.2) is 60.7 Å². The van der Waals surface area contributed by atoms with E-state index in [2.05, 4.69) is 15.3 Å². The van der Waals surface area contributed by atoms with Crippen molar-refractivity contribution < 1.29 is 14.3 Å². The Labute approximate surface area is 189 Å². The Bertz CT molecular complexity index is 1220. The molecule has 0 radical (unpaired) electrons. The molecule has 0 saturated heterocycles. The summed E-state index contributed by atoms with van der Waals surface area (Å²) in [6, 6.07) is 18.1. The van der Waals surface area contributed by atoms with Crippen LogP contribution >= 0.6 is 23.2 Å². The summed E-state index contributed by atoms with van der Waals surface area (Å²) in [5.41, 5.74) is 3.04. The fourth-order valence-corrected chi connectivity index (χ4v) is 3.82. The summed E-state index contributed by atoms with van der Waals surface area (Å²) in [7, 11) is 1.62. The molecule has 1 aromatic heterocycles. The molecule has 4 rings (SSSR count). The van der Waals surface area contributed by atoms with Crippen molar-refractivity contribution in [2.24, 2.45) is 0 Å². The third-order valence-corrected chi connectivity index (χ3v) is 5.35. The van der Waals surface area contributed by atoms with Gasteiger partial charge >= 0.3 is 6.09 Å². The van der Waals surface area contributed by atoms with Crippen LogP contribution in [0.4, 0.5) is 4.79 Å². The lowest BCUT2D eigenvalue weighted by molar-refractivity contribution is 0.200. The van der Waals surface area contributed by atoms with Gasteiger partial charge in [-0.15, -0.1) is 0 Å². The molecule has 0 unspecified atom stereocenters. The van der Waals surface area contributed by atoms with Crippen LogP contribution in [0.3, 0.4) is 0 Å². The number of hydrogen-bond donors (Lipinski definition) is 2. The van der Waals surface area contributed by atoms with Crippen molar-refractivity contribution in [1.29, 1.82) is 0 Å². The Morgan fingerprint density at radius 2 is 1.84 bits per heavy atom. The number of rotatable bonds is 6. The lowest BCUT2D eigenvalue weighted by atomic mass is 10.1. The van der Waals surface area contributed by atoms with E-state index < -0.39 is 6.09 Å². The van der Waals surface area contributed by atoms with E-state index in [-0.39, 0.29) is 0 Å². The zero-order valence-corrected chi connectivity index (χ0v) is 18.1. The number of halogens is 2. The van der Waals surface area contributed by atoms with Crippen LogP contribution in [0.25, 0.3) is 22.4 Å². The number of carbonyl (C=O) groups excluding carboxylic acids is 1. The Morgan fingerprint density at radius 3 is 2.61 bits per heavy atom. The SMILES string of the molecule is COc1ccccc1CCNC(=O)Oc1ccc2nc(-c3c(Cl)cccc3Cl)[nH]c2c1. The van der Waals surface area contributed by atoms with Gasteiger partial charge in [0.15, 0.2) is 0 Å². The van der Waals surface area contributed by atoms with E-state index in [9.17, 15) is 4.79 Å². The summed E-state index contributed by atoms with van der Waals surface area (Å²) in [5.74, 6) is 1.73. The zero-order chi connectivity index (χ0) is 21.8. The molecule has 0 spiro atoms. The number of benzene rings is 3. The monoisotopic (exact) mass is 455 g/mol. The van der Waals surface area contributed by atoms with Gasteiger partial charge in [0, 0.05) is 12.6 Å². The largest absolute Gasteiger partial charge is 0.496 e. The van der Waals surface area contributed by atoms with Crippen molar-refractivity contribution in [3.05, 3.63) is 76.3 Å². The highest BCUT2D eigenvalue weighted by atomic mass is 35.5. The molecule has 0 fully saturated rings. The smallest absolute Gasteiger partial charge is 0.412 e. The summed E-state index contributed by atoms with van der Waals surface area (Å²) < 4.78 is 10.7. The van der Waals surface area contributed by atoms with Gasteiger partial charge < -0.3 is 19.8 Å². The van der Waals surface area contributed by atoms with Gasteiger partial charge in [0.25, 0.3) is 0 Å². The van der Waals surface area contributed by atoms with Gasteiger partial charge in [0.2, 0.25) is 0 Å². The number of imidazole rings is 1. The van der Waals surface area contributed by atoms with Crippen molar-refractivity contribution in [1.82, 2.24) is 15.3 Å². The molecular formula is C23H19Cl2N3O3. The normalized spacial score (nSPS) is 10.8. The van der Waals surface area contributed by atoms with Crippen LogP contribution in [0, 0.1) is 0 Å². The topological polar surface area (TPSA) is 76.2 Å². The third-order valence-electron chi connectivity index (χ3n) is 4.72. The number of aromatic amines is 1. The van der Waals surface area contributed by atoms with Gasteiger partial charge in [-0.3, -0.25) is 0 Å². The second kappa shape index (κ2) is 9.29. The molecule has 0 bridgehead atoms. The molecule has 0 saturated carbocycles. The van der Waals surface area contributed by atoms with E-state index >= 15 is 0 Å². The third kappa shape index (κ3) is 4.76. The molecule has 2 N–H and O–H groups in total. The number of hydrogen-bond acceptors (Lipinski definition) is 4. The number of amides is 1. The highest BCUT2D eigenvalue weighted by Crippen LogP contribution is 2.34. The molecule has 1 amide bonds. The number of para-hydroxylation sites is 1. The number of H-pyrrole nitrogens is 1. The molecule has 4 aromatic rings. The molecule has 0 aliphatic carbocycles. The number of nitrogens with zero attached hydrogens (tertiary/aromatic N) is 1. The molecule has 6 nitrogen and oxygen atoms in total. The second-order valence-electron chi connectivity index (χ2n) is 6.74. The van der Waals surface area contributed by atoms with E-state index in [1.54, 1.807) is 43.5 Å². The van der Waals surface area contributed by atoms with E-state index in [0.717, 1.165) is 11.3 Å². The van der Waals surface area contributed by atoms with Gasteiger partial charge in [-0.1, -0.05) is 47.5 Å². The van der Waals surface area contributed by atoms with Crippen LogP contribution in [0.5, 0.6) is 11.5 Å². The number of aromatic nitrogens is 2. The molecule has 158 valence electrons. The summed E-state index contributed by atoms with van der Waals surface area (Å²) in [6.07, 6.45) is 0.0869. The van der Waals surface area contributed by atoms with Crippen molar-refractivity contribution >= 4 is 40.3 Å². The maximum Gasteiger partial charge on any atom is 0.412 e. The maximum atomic E-state index is 12.2. The standard InChI is InChI=1S/C23H19Cl2N3O3/c1-30-20-8-3-2-5-14(20)11-12-26-23(29)31-15-9-10-18-19(13-15)28-22(27-18)21-16(24)6-4-7-17(21)25/h2-10,13H,11-12H2,1H3,(H,26,29)(H,27,28). The van der Waals surface area contributed by atoms with E-state index in [0.29, 0.717) is 51.2 Å². The van der Waals surface area contributed by atoms with Gasteiger partial charge in [0.05, 0.1) is 33.8 Å². The van der Waals surface area contributed by atoms with E-state index in [4.69, 9.17) is 32.7 Å². The van der Waals surface area contributed by atoms with Crippen molar-refractivity contribution in [3.63, 3.8) is 0 Å². The Hall–Kier alpha value is -3.22. The zero-order valence-electron chi connectivity index (χ0n) is 16.6. The maximum absolute atomic E-state index is 12.2. The number of nitrogens with one attached hydrogen (secondary N) is 2. The molecular weight excluding hydrogens is 437 g/mol. The predicted molar refractivity (Wildman–Crippen MR) is 122 cm³/mol. The highest BCUT2D eigenvalue weighted by molar-refractivity contribution is 6.39. The Balaban J connectivity index is 1.42. The first-order valence-electron chi connectivity index (χ1n) is 9.57. The average Bonchev–Trinajstić information content (AvgIpc) is 3.16. The van der Waals surface area contributed by atoms with Crippen molar-refractivity contribution in [3.8, 4) is 22.9 Å². The predicted octanol–water partition coefficient (Wildman–Crippen LogP) is 5.88. The van der Waals surface area contributed by atoms with E-state index in [1.807, 2.05) is 24.3 Å². The first-order valence-corrected chi connectivity index (χ1v) is 10.3. The highest BCUT2D eigenvalue weighted by Gasteiger charge is 2.14. The summed E-state index contributed by atoms with van der Waals surface area (Å²) in [5, 5.41) is 3.74. The van der Waals surface area contributed by atoms with Gasteiger partial charge in [0.1, 0.15) is 17.3 Å². The number of carbonyl (C=O) groups is 1. The molecule has 0 aliphatic rings. The minimum Gasteiger partial charge on any atom is -0.496 e.